The molecule has 1 aromatic carbocycles. The Morgan fingerprint density at radius 2 is 1.88 bits per heavy atom. The second-order valence-electron chi connectivity index (χ2n) is 6.24. The van der Waals surface area contributed by atoms with E-state index in [9.17, 15) is 10.1 Å². The molecule has 1 N–H and O–H groups in total. The SMILES string of the molecule is C[N+](C)(CCO)CCCCCCOc1ccc(I)c([N+](=O)[O-])c1.[Br-]. The predicted molar refractivity (Wildman–Crippen MR) is 98.7 cm³/mol. The summed E-state index contributed by atoms with van der Waals surface area (Å²) >= 11 is 1.95. The van der Waals surface area contributed by atoms with Crippen molar-refractivity contribution in [2.75, 3.05) is 40.4 Å². The van der Waals surface area contributed by atoms with Gasteiger partial charge in [-0.15, -0.1) is 0 Å². The molecule has 0 aromatic heterocycles. The van der Waals surface area contributed by atoms with Gasteiger partial charge in [-0.2, -0.15) is 0 Å². The van der Waals surface area contributed by atoms with Crippen molar-refractivity contribution in [3.05, 3.63) is 31.9 Å². The van der Waals surface area contributed by atoms with Gasteiger partial charge in [0, 0.05) is 0 Å². The summed E-state index contributed by atoms with van der Waals surface area (Å²) in [5.41, 5.74) is 0.0898. The van der Waals surface area contributed by atoms with Crippen LogP contribution >= 0.6 is 22.6 Å². The number of aliphatic hydroxyl groups is 1. The summed E-state index contributed by atoms with van der Waals surface area (Å²) in [5, 5.41) is 19.9. The number of hydrogen-bond acceptors (Lipinski definition) is 4. The molecule has 0 fully saturated rings. The van der Waals surface area contributed by atoms with Crippen LogP contribution in [-0.2, 0) is 0 Å². The lowest BCUT2D eigenvalue weighted by Gasteiger charge is -2.28. The van der Waals surface area contributed by atoms with Crippen molar-refractivity contribution < 1.29 is 36.2 Å². The molecule has 0 aliphatic carbocycles. The Morgan fingerprint density at radius 3 is 2.50 bits per heavy atom. The second-order valence-corrected chi connectivity index (χ2v) is 7.40. The van der Waals surface area contributed by atoms with Gasteiger partial charge in [0.15, 0.2) is 0 Å². The van der Waals surface area contributed by atoms with Crippen LogP contribution in [0.15, 0.2) is 18.2 Å². The molecule has 1 rings (SSSR count). The molecule has 0 bridgehead atoms. The van der Waals surface area contributed by atoms with Crippen LogP contribution < -0.4 is 21.7 Å². The van der Waals surface area contributed by atoms with Crippen LogP contribution in [-0.4, -0.2) is 54.9 Å². The number of halogens is 2. The zero-order valence-corrected chi connectivity index (χ0v) is 18.0. The van der Waals surface area contributed by atoms with Crippen LogP contribution in [0.5, 0.6) is 5.75 Å². The third-order valence-electron chi connectivity index (χ3n) is 3.75. The highest BCUT2D eigenvalue weighted by Gasteiger charge is 2.13. The number of nitro benzene ring substituents is 1. The van der Waals surface area contributed by atoms with Crippen LogP contribution in [0.25, 0.3) is 0 Å². The van der Waals surface area contributed by atoms with Crippen molar-refractivity contribution in [3.63, 3.8) is 0 Å². The van der Waals surface area contributed by atoms with Gasteiger partial charge in [-0.1, -0.05) is 0 Å². The topological polar surface area (TPSA) is 72.6 Å². The lowest BCUT2D eigenvalue weighted by molar-refractivity contribution is -0.890. The second kappa shape index (κ2) is 12.0. The molecule has 1 aromatic rings. The molecule has 0 aliphatic heterocycles. The maximum absolute atomic E-state index is 10.9. The number of likely N-dealkylation sites (N-methyl/N-ethyl adjacent to an activating group) is 1. The van der Waals surface area contributed by atoms with Crippen molar-refractivity contribution >= 4 is 28.3 Å². The van der Waals surface area contributed by atoms with E-state index in [1.54, 1.807) is 12.1 Å². The lowest BCUT2D eigenvalue weighted by Crippen LogP contribution is -3.00. The Kier molecular flexibility index (Phi) is 11.8. The van der Waals surface area contributed by atoms with Gasteiger partial charge in [-0.3, -0.25) is 10.1 Å². The van der Waals surface area contributed by atoms with Crippen LogP contribution in [0.4, 0.5) is 5.69 Å². The fraction of sp³-hybridized carbons (Fsp3) is 0.625. The van der Waals surface area contributed by atoms with E-state index in [-0.39, 0.29) is 34.2 Å². The summed E-state index contributed by atoms with van der Waals surface area (Å²) in [6.45, 7) is 2.65. The van der Waals surface area contributed by atoms with Gasteiger partial charge in [0.2, 0.25) is 0 Å². The van der Waals surface area contributed by atoms with E-state index in [4.69, 9.17) is 9.84 Å². The van der Waals surface area contributed by atoms with Crippen molar-refractivity contribution in [2.24, 2.45) is 0 Å². The van der Waals surface area contributed by atoms with Gasteiger partial charge < -0.3 is 31.3 Å². The summed E-state index contributed by atoms with van der Waals surface area (Å²) in [4.78, 5) is 10.5. The predicted octanol–water partition coefficient (Wildman–Crippen LogP) is 0.211. The molecule has 138 valence electrons. The molecular weight excluding hydrogens is 491 g/mol. The molecule has 6 nitrogen and oxygen atoms in total. The minimum absolute atomic E-state index is 0. The Labute approximate surface area is 167 Å². The standard InChI is InChI=1S/C16H26IN2O4.BrH/c1-19(2,10-11-20)9-5-3-4-6-12-23-14-7-8-15(17)16(13-14)18(21)22;/h7-8,13,20H,3-6,9-12H2,1-2H3;1H/q+1;/p-1. The van der Waals surface area contributed by atoms with Gasteiger partial charge in [0.25, 0.3) is 5.69 Å². The van der Waals surface area contributed by atoms with Crippen molar-refractivity contribution in [1.29, 1.82) is 0 Å². The van der Waals surface area contributed by atoms with Crippen LogP contribution in [0.3, 0.4) is 0 Å². The third kappa shape index (κ3) is 9.14. The Balaban J connectivity index is 0.00000529. The van der Waals surface area contributed by atoms with E-state index < -0.39 is 0 Å². The van der Waals surface area contributed by atoms with E-state index in [2.05, 4.69) is 14.1 Å². The number of hydrogen-bond donors (Lipinski definition) is 1. The molecule has 0 atom stereocenters. The highest BCUT2D eigenvalue weighted by Crippen LogP contribution is 2.26. The third-order valence-corrected chi connectivity index (χ3v) is 4.66. The molecule has 0 saturated heterocycles. The van der Waals surface area contributed by atoms with Crippen LogP contribution in [0.1, 0.15) is 25.7 Å². The van der Waals surface area contributed by atoms with Crippen molar-refractivity contribution in [2.45, 2.75) is 25.7 Å². The fourth-order valence-corrected chi connectivity index (χ4v) is 2.82. The van der Waals surface area contributed by atoms with E-state index in [0.717, 1.165) is 43.3 Å². The first kappa shape index (κ1) is 23.5. The number of rotatable bonds is 11. The molecule has 0 aliphatic rings. The highest BCUT2D eigenvalue weighted by molar-refractivity contribution is 14.1. The Hall–Kier alpha value is -0.450. The minimum atomic E-state index is -0.388. The molecule has 24 heavy (non-hydrogen) atoms. The van der Waals surface area contributed by atoms with Gasteiger partial charge >= 0.3 is 0 Å². The maximum atomic E-state index is 10.9. The zero-order valence-electron chi connectivity index (χ0n) is 14.2. The summed E-state index contributed by atoms with van der Waals surface area (Å²) < 4.78 is 7.05. The number of aliphatic hydroxyl groups excluding tert-OH is 1. The normalized spacial score (nSPS) is 11.0. The highest BCUT2D eigenvalue weighted by atomic mass is 127. The summed E-state index contributed by atoms with van der Waals surface area (Å²) in [6.07, 6.45) is 4.27. The van der Waals surface area contributed by atoms with Crippen molar-refractivity contribution in [1.82, 2.24) is 0 Å². The Morgan fingerprint density at radius 1 is 1.21 bits per heavy atom. The zero-order chi connectivity index (χ0) is 17.3. The van der Waals surface area contributed by atoms with Crippen molar-refractivity contribution in [3.8, 4) is 5.75 Å². The fourth-order valence-electron chi connectivity index (χ4n) is 2.29. The van der Waals surface area contributed by atoms with Gasteiger partial charge in [-0.05, 0) is 60.4 Å². The maximum Gasteiger partial charge on any atom is 0.286 e. The Bertz CT molecular complexity index is 515. The van der Waals surface area contributed by atoms with Crippen LogP contribution in [0.2, 0.25) is 0 Å². The average molecular weight is 517 g/mol. The molecule has 0 unspecified atom stereocenters. The van der Waals surface area contributed by atoms with E-state index in [1.165, 1.54) is 6.07 Å². The summed E-state index contributed by atoms with van der Waals surface area (Å²) in [6, 6.07) is 4.95. The lowest BCUT2D eigenvalue weighted by atomic mass is 10.2. The first-order chi connectivity index (χ1) is 10.9. The number of unbranched alkanes of at least 4 members (excludes halogenated alkanes) is 3. The van der Waals surface area contributed by atoms with Crippen LogP contribution in [0, 0.1) is 13.7 Å². The molecule has 0 radical (unpaired) electrons. The quantitative estimate of drug-likeness (QED) is 0.150. The summed E-state index contributed by atoms with van der Waals surface area (Å²) in [5.74, 6) is 0.554. The number of nitro groups is 1. The largest absolute Gasteiger partial charge is 1.00 e. The number of ether oxygens (including phenoxy) is 1. The molecule has 0 heterocycles. The average Bonchev–Trinajstić information content (AvgIpc) is 2.47. The molecular formula is C16H26BrIN2O4. The number of quaternary nitrogens is 1. The monoisotopic (exact) mass is 516 g/mol. The molecule has 0 amide bonds. The first-order valence-electron chi connectivity index (χ1n) is 7.85. The smallest absolute Gasteiger partial charge is 0.286 e. The number of nitrogens with zero attached hydrogens (tertiary/aromatic N) is 2. The van der Waals surface area contributed by atoms with E-state index >= 15 is 0 Å². The first-order valence-corrected chi connectivity index (χ1v) is 8.93. The van der Waals surface area contributed by atoms with E-state index in [0.29, 0.717) is 15.9 Å². The number of benzene rings is 1. The van der Waals surface area contributed by atoms with Gasteiger partial charge in [-0.25, -0.2) is 0 Å². The van der Waals surface area contributed by atoms with E-state index in [1.807, 2.05) is 22.6 Å². The molecule has 0 saturated carbocycles. The summed E-state index contributed by atoms with van der Waals surface area (Å²) in [7, 11) is 4.26. The molecule has 8 heteroatoms. The van der Waals surface area contributed by atoms with Gasteiger partial charge in [0.05, 0.1) is 48.4 Å². The van der Waals surface area contributed by atoms with Gasteiger partial charge in [0.1, 0.15) is 12.3 Å². The minimum Gasteiger partial charge on any atom is -1.00 e. The molecule has 0 spiro atoms.